The Kier molecular flexibility index (Phi) is 10.5. The van der Waals surface area contributed by atoms with Gasteiger partial charge < -0.3 is 14.2 Å². The maximum absolute atomic E-state index is 6.58. The normalized spacial score (nSPS) is 20.9. The van der Waals surface area contributed by atoms with Crippen LogP contribution in [0.5, 0.6) is 0 Å². The predicted molar refractivity (Wildman–Crippen MR) is 144 cm³/mol. The van der Waals surface area contributed by atoms with Crippen molar-refractivity contribution >= 4 is 27.7 Å². The van der Waals surface area contributed by atoms with Gasteiger partial charge in [-0.15, -0.1) is 0 Å². The number of ether oxygens (including phenoxy) is 3. The monoisotopic (exact) mass is 540 g/mol. The molecule has 0 amide bonds. The van der Waals surface area contributed by atoms with Crippen LogP contribution in [-0.2, 0) is 34.0 Å². The van der Waals surface area contributed by atoms with E-state index in [1.165, 1.54) is 16.7 Å². The highest BCUT2D eigenvalue weighted by molar-refractivity contribution is 9.09. The van der Waals surface area contributed by atoms with Crippen LogP contribution in [0.25, 0.3) is 0 Å². The third-order valence-electron chi connectivity index (χ3n) is 6.03. The van der Waals surface area contributed by atoms with Gasteiger partial charge in [0.2, 0.25) is 0 Å². The average Bonchev–Trinajstić information content (AvgIpc) is 3.30. The zero-order chi connectivity index (χ0) is 23.4. The van der Waals surface area contributed by atoms with Crippen LogP contribution in [0.2, 0.25) is 0 Å². The molecule has 3 aromatic rings. The van der Waals surface area contributed by atoms with Gasteiger partial charge in [-0.2, -0.15) is 11.8 Å². The fourth-order valence-corrected chi connectivity index (χ4v) is 6.11. The van der Waals surface area contributed by atoms with Crippen molar-refractivity contribution in [3.05, 3.63) is 108 Å². The van der Waals surface area contributed by atoms with Crippen LogP contribution in [-0.4, -0.2) is 34.6 Å². The first-order valence-corrected chi connectivity index (χ1v) is 14.1. The van der Waals surface area contributed by atoms with Gasteiger partial charge in [0.05, 0.1) is 43.4 Å². The van der Waals surface area contributed by atoms with Crippen molar-refractivity contribution in [3.63, 3.8) is 0 Å². The van der Waals surface area contributed by atoms with E-state index in [1.54, 1.807) is 0 Å². The Morgan fingerprint density at radius 2 is 1.26 bits per heavy atom. The molecule has 0 unspecified atom stereocenters. The Morgan fingerprint density at radius 1 is 0.735 bits per heavy atom. The number of thioether (sulfide) groups is 1. The highest BCUT2D eigenvalue weighted by Crippen LogP contribution is 2.37. The molecule has 3 nitrogen and oxygen atoms in total. The maximum Gasteiger partial charge on any atom is 0.0992 e. The smallest absolute Gasteiger partial charge is 0.0992 e. The first-order chi connectivity index (χ1) is 16.8. The van der Waals surface area contributed by atoms with Crippen molar-refractivity contribution in [2.75, 3.05) is 11.1 Å². The van der Waals surface area contributed by atoms with E-state index >= 15 is 0 Å². The Balaban J connectivity index is 1.46. The molecule has 3 aromatic carbocycles. The second kappa shape index (κ2) is 14.1. The van der Waals surface area contributed by atoms with Crippen molar-refractivity contribution in [1.29, 1.82) is 0 Å². The molecule has 1 aliphatic rings. The lowest BCUT2D eigenvalue weighted by molar-refractivity contribution is -0.0900. The quantitative estimate of drug-likeness (QED) is 0.217. The molecule has 180 valence electrons. The second-order valence-electron chi connectivity index (χ2n) is 8.56. The molecule has 34 heavy (non-hydrogen) atoms. The summed E-state index contributed by atoms with van der Waals surface area (Å²) in [6.45, 7) is 1.80. The molecule has 1 saturated heterocycles. The number of halogens is 1. The van der Waals surface area contributed by atoms with E-state index in [1.807, 2.05) is 30.0 Å². The van der Waals surface area contributed by atoms with Crippen LogP contribution in [0.3, 0.4) is 0 Å². The van der Waals surface area contributed by atoms with Gasteiger partial charge in [-0.25, -0.2) is 0 Å². The molecule has 1 fully saturated rings. The summed E-state index contributed by atoms with van der Waals surface area (Å²) < 4.78 is 19.5. The van der Waals surface area contributed by atoms with Crippen molar-refractivity contribution in [2.45, 2.75) is 56.2 Å². The Hall–Kier alpha value is -1.63. The van der Waals surface area contributed by atoms with E-state index in [9.17, 15) is 0 Å². The Labute approximate surface area is 216 Å². The van der Waals surface area contributed by atoms with Crippen molar-refractivity contribution in [1.82, 2.24) is 0 Å². The molecular weight excluding hydrogens is 508 g/mol. The first kappa shape index (κ1) is 25.5. The van der Waals surface area contributed by atoms with Crippen LogP contribution in [0.15, 0.2) is 91.0 Å². The van der Waals surface area contributed by atoms with Gasteiger partial charge in [0, 0.05) is 11.1 Å². The average molecular weight is 542 g/mol. The molecule has 4 atom stereocenters. The number of alkyl halides is 1. The van der Waals surface area contributed by atoms with Gasteiger partial charge in [0.15, 0.2) is 0 Å². The number of hydrogen-bond acceptors (Lipinski definition) is 4. The molecule has 0 radical (unpaired) electrons. The SMILES string of the molecule is BrCCC[C@@H](OCc1ccccc1)[C@H]1SC[C@@H](OCc2ccccc2)[C@@H]1OCc1ccccc1. The molecule has 5 heteroatoms. The summed E-state index contributed by atoms with van der Waals surface area (Å²) >= 11 is 5.54. The van der Waals surface area contributed by atoms with Crippen molar-refractivity contribution < 1.29 is 14.2 Å². The third kappa shape index (κ3) is 7.69. The minimum atomic E-state index is -0.0231. The highest BCUT2D eigenvalue weighted by Gasteiger charge is 2.43. The van der Waals surface area contributed by atoms with E-state index in [0.717, 1.165) is 23.9 Å². The summed E-state index contributed by atoms with van der Waals surface area (Å²) in [5.41, 5.74) is 3.57. The molecule has 1 aliphatic heterocycles. The summed E-state index contributed by atoms with van der Waals surface area (Å²) in [4.78, 5) is 0. The molecule has 0 N–H and O–H groups in total. The summed E-state index contributed by atoms with van der Waals surface area (Å²) in [6, 6.07) is 31.2. The van der Waals surface area contributed by atoms with Gasteiger partial charge in [-0.05, 0) is 29.5 Å². The Bertz CT molecular complexity index is 941. The lowest BCUT2D eigenvalue weighted by Gasteiger charge is -2.30. The van der Waals surface area contributed by atoms with Crippen LogP contribution in [0.4, 0.5) is 0 Å². The molecule has 4 rings (SSSR count). The maximum atomic E-state index is 6.58. The van der Waals surface area contributed by atoms with Crippen LogP contribution in [0.1, 0.15) is 29.5 Å². The molecule has 0 bridgehead atoms. The van der Waals surface area contributed by atoms with E-state index in [2.05, 4.69) is 88.7 Å². The van der Waals surface area contributed by atoms with Crippen molar-refractivity contribution in [2.24, 2.45) is 0 Å². The summed E-state index contributed by atoms with van der Waals surface area (Å²) in [5.74, 6) is 0.913. The number of rotatable bonds is 13. The van der Waals surface area contributed by atoms with Crippen LogP contribution < -0.4 is 0 Å². The topological polar surface area (TPSA) is 27.7 Å². The van der Waals surface area contributed by atoms with Gasteiger partial charge in [-0.1, -0.05) is 107 Å². The summed E-state index contributed by atoms with van der Waals surface area (Å²) in [5, 5.41) is 1.20. The fourth-order valence-electron chi connectivity index (χ4n) is 4.21. The minimum absolute atomic E-state index is 0.0231. The second-order valence-corrected chi connectivity index (χ2v) is 10.6. The van der Waals surface area contributed by atoms with E-state index in [4.69, 9.17) is 14.2 Å². The zero-order valence-corrected chi connectivity index (χ0v) is 21.8. The first-order valence-electron chi connectivity index (χ1n) is 12.0. The lowest BCUT2D eigenvalue weighted by Crippen LogP contribution is -2.41. The lowest BCUT2D eigenvalue weighted by atomic mass is 10.0. The largest absolute Gasteiger partial charge is 0.372 e. The van der Waals surface area contributed by atoms with Gasteiger partial charge in [0.25, 0.3) is 0 Å². The molecule has 0 saturated carbocycles. The zero-order valence-electron chi connectivity index (χ0n) is 19.4. The van der Waals surface area contributed by atoms with Crippen LogP contribution in [0, 0.1) is 0 Å². The minimum Gasteiger partial charge on any atom is -0.372 e. The van der Waals surface area contributed by atoms with Gasteiger partial charge in [0.1, 0.15) is 0 Å². The van der Waals surface area contributed by atoms with E-state index in [-0.39, 0.29) is 23.6 Å². The van der Waals surface area contributed by atoms with Crippen molar-refractivity contribution in [3.8, 4) is 0 Å². The van der Waals surface area contributed by atoms with E-state index < -0.39 is 0 Å². The standard InChI is InChI=1S/C29H33BrO3S/c30-18-10-17-26(31-19-23-11-4-1-5-12-23)29-28(33-21-25-15-8-3-9-16-25)27(22-34-29)32-20-24-13-6-2-7-14-24/h1-9,11-16,26-29H,10,17-22H2/t26-,27-,28+,29-/m1/s1. The van der Waals surface area contributed by atoms with E-state index in [0.29, 0.717) is 19.8 Å². The molecule has 0 aliphatic carbocycles. The Morgan fingerprint density at radius 3 is 1.82 bits per heavy atom. The fraction of sp³-hybridized carbons (Fsp3) is 0.379. The number of benzene rings is 3. The molecule has 0 spiro atoms. The highest BCUT2D eigenvalue weighted by atomic mass is 79.9. The molecule has 0 aromatic heterocycles. The molecular formula is C29H33BrO3S. The summed E-state index contributed by atoms with van der Waals surface area (Å²) in [6.07, 6.45) is 2.17. The number of hydrogen-bond donors (Lipinski definition) is 0. The van der Waals surface area contributed by atoms with Gasteiger partial charge in [-0.3, -0.25) is 0 Å². The van der Waals surface area contributed by atoms with Gasteiger partial charge >= 0.3 is 0 Å². The van der Waals surface area contributed by atoms with Crippen LogP contribution >= 0.6 is 27.7 Å². The molecule has 1 heterocycles. The predicted octanol–water partition coefficient (Wildman–Crippen LogP) is 7.03. The third-order valence-corrected chi connectivity index (χ3v) is 8.07. The summed E-state index contributed by atoms with van der Waals surface area (Å²) in [7, 11) is 0.